The number of amides is 1. The van der Waals surface area contributed by atoms with Crippen LogP contribution in [0.2, 0.25) is 0 Å². The van der Waals surface area contributed by atoms with E-state index in [9.17, 15) is 18.0 Å². The van der Waals surface area contributed by atoms with E-state index < -0.39 is 29.8 Å². The van der Waals surface area contributed by atoms with Gasteiger partial charge in [-0.2, -0.15) is 13.2 Å². The van der Waals surface area contributed by atoms with Gasteiger partial charge in [0.15, 0.2) is 0 Å². The molecule has 0 radical (unpaired) electrons. The van der Waals surface area contributed by atoms with Gasteiger partial charge < -0.3 is 11.5 Å². The third-order valence-corrected chi connectivity index (χ3v) is 2.67. The molecular formula is C11H17F3N6O. The smallest absolute Gasteiger partial charge is 0.330 e. The maximum atomic E-state index is 12.5. The summed E-state index contributed by atoms with van der Waals surface area (Å²) < 4.78 is 37.6. The summed E-state index contributed by atoms with van der Waals surface area (Å²) in [5, 5.41) is 0.433. The fraction of sp³-hybridized carbons (Fsp3) is 0.545. The first kappa shape index (κ1) is 17.3. The highest BCUT2D eigenvalue weighted by molar-refractivity contribution is 5.94. The minimum atomic E-state index is -4.65. The van der Waals surface area contributed by atoms with Crippen LogP contribution in [0.4, 0.5) is 19.1 Å². The van der Waals surface area contributed by atoms with E-state index in [1.54, 1.807) is 0 Å². The molecule has 0 aliphatic heterocycles. The monoisotopic (exact) mass is 306 g/mol. The van der Waals surface area contributed by atoms with Crippen molar-refractivity contribution in [1.29, 1.82) is 0 Å². The number of nitrogens with two attached hydrogens (primary N) is 3. The Morgan fingerprint density at radius 1 is 1.38 bits per heavy atom. The van der Waals surface area contributed by atoms with Crippen LogP contribution in [0, 0.1) is 0 Å². The first-order chi connectivity index (χ1) is 9.77. The SMILES string of the molecule is NCCCC[C@H](N)C(=O)N(N)c1nccc(C(F)(F)F)n1. The van der Waals surface area contributed by atoms with Crippen molar-refractivity contribution in [3.63, 3.8) is 0 Å². The van der Waals surface area contributed by atoms with Gasteiger partial charge in [-0.15, -0.1) is 0 Å². The molecule has 0 aliphatic rings. The maximum absolute atomic E-state index is 12.5. The summed E-state index contributed by atoms with van der Waals surface area (Å²) in [7, 11) is 0. The summed E-state index contributed by atoms with van der Waals surface area (Å²) >= 11 is 0. The van der Waals surface area contributed by atoms with Crippen LogP contribution in [-0.4, -0.2) is 28.5 Å². The summed E-state index contributed by atoms with van der Waals surface area (Å²) in [5.41, 5.74) is 9.75. The van der Waals surface area contributed by atoms with Crippen molar-refractivity contribution in [3.8, 4) is 0 Å². The van der Waals surface area contributed by atoms with Gasteiger partial charge in [0.1, 0.15) is 5.69 Å². The highest BCUT2D eigenvalue weighted by atomic mass is 19.4. The second-order valence-electron chi connectivity index (χ2n) is 4.34. The molecule has 21 heavy (non-hydrogen) atoms. The van der Waals surface area contributed by atoms with Crippen LogP contribution in [-0.2, 0) is 11.0 Å². The largest absolute Gasteiger partial charge is 0.433 e. The molecular weight excluding hydrogens is 289 g/mol. The Morgan fingerprint density at radius 3 is 2.62 bits per heavy atom. The summed E-state index contributed by atoms with van der Waals surface area (Å²) in [6.07, 6.45) is -2.15. The van der Waals surface area contributed by atoms with E-state index in [4.69, 9.17) is 17.3 Å². The van der Waals surface area contributed by atoms with Gasteiger partial charge in [0, 0.05) is 6.20 Å². The van der Waals surface area contributed by atoms with Crippen LogP contribution in [0.15, 0.2) is 12.3 Å². The number of anilines is 1. The number of nitrogens with zero attached hydrogens (tertiary/aromatic N) is 3. The zero-order valence-electron chi connectivity index (χ0n) is 11.2. The molecule has 0 unspecified atom stereocenters. The third kappa shape index (κ3) is 4.92. The molecule has 1 aromatic heterocycles. The number of carbonyl (C=O) groups excluding carboxylic acids is 1. The minimum absolute atomic E-state index is 0.322. The van der Waals surface area contributed by atoms with Crippen molar-refractivity contribution in [2.45, 2.75) is 31.5 Å². The zero-order chi connectivity index (χ0) is 16.0. The van der Waals surface area contributed by atoms with Gasteiger partial charge in [-0.3, -0.25) is 4.79 Å². The molecule has 118 valence electrons. The average Bonchev–Trinajstić information content (AvgIpc) is 2.45. The molecule has 1 aromatic rings. The van der Waals surface area contributed by atoms with Crippen LogP contribution in [0.5, 0.6) is 0 Å². The van der Waals surface area contributed by atoms with Gasteiger partial charge in [-0.1, -0.05) is 6.42 Å². The summed E-state index contributed by atoms with van der Waals surface area (Å²) in [6, 6.07) is -0.261. The molecule has 0 saturated heterocycles. The highest BCUT2D eigenvalue weighted by Gasteiger charge is 2.33. The minimum Gasteiger partial charge on any atom is -0.330 e. The first-order valence-electron chi connectivity index (χ1n) is 6.22. The predicted molar refractivity (Wildman–Crippen MR) is 69.6 cm³/mol. The van der Waals surface area contributed by atoms with E-state index in [2.05, 4.69) is 9.97 Å². The molecule has 0 spiro atoms. The lowest BCUT2D eigenvalue weighted by Crippen LogP contribution is -2.48. The van der Waals surface area contributed by atoms with Gasteiger partial charge in [0.2, 0.25) is 5.95 Å². The quantitative estimate of drug-likeness (QED) is 0.297. The fourth-order valence-corrected chi connectivity index (χ4v) is 1.53. The number of halogens is 3. The van der Waals surface area contributed by atoms with Crippen LogP contribution in [0.25, 0.3) is 0 Å². The molecule has 1 amide bonds. The number of unbranched alkanes of at least 4 members (excludes halogenated alkanes) is 1. The summed E-state index contributed by atoms with van der Waals surface area (Å²) in [5.74, 6) is 4.13. The van der Waals surface area contributed by atoms with Gasteiger partial charge >= 0.3 is 6.18 Å². The standard InChI is InChI=1S/C11H17F3N6O/c12-11(13,14)8-4-6-18-10(19-8)20(17)9(21)7(16)3-1-2-5-15/h4,6-7H,1-3,5,15-17H2/t7-/m0/s1. The van der Waals surface area contributed by atoms with Crippen LogP contribution >= 0.6 is 0 Å². The number of alkyl halides is 3. The Labute approximate surface area is 119 Å². The van der Waals surface area contributed by atoms with Crippen molar-refractivity contribution in [1.82, 2.24) is 9.97 Å². The van der Waals surface area contributed by atoms with Crippen molar-refractivity contribution in [2.75, 3.05) is 11.6 Å². The molecule has 0 aromatic carbocycles. The number of carbonyl (C=O) groups is 1. The van der Waals surface area contributed by atoms with Crippen molar-refractivity contribution in [3.05, 3.63) is 18.0 Å². The van der Waals surface area contributed by atoms with E-state index in [0.29, 0.717) is 36.9 Å². The second-order valence-corrected chi connectivity index (χ2v) is 4.34. The molecule has 10 heteroatoms. The van der Waals surface area contributed by atoms with Gasteiger partial charge in [-0.25, -0.2) is 20.8 Å². The van der Waals surface area contributed by atoms with Crippen LogP contribution < -0.4 is 22.3 Å². The Morgan fingerprint density at radius 2 is 2.05 bits per heavy atom. The zero-order valence-corrected chi connectivity index (χ0v) is 11.2. The van der Waals surface area contributed by atoms with Gasteiger partial charge in [0.05, 0.1) is 6.04 Å². The normalized spacial score (nSPS) is 13.0. The maximum Gasteiger partial charge on any atom is 0.433 e. The van der Waals surface area contributed by atoms with Crippen molar-refractivity contribution < 1.29 is 18.0 Å². The number of hydrazine groups is 1. The molecule has 1 rings (SSSR count). The highest BCUT2D eigenvalue weighted by Crippen LogP contribution is 2.27. The number of hydrogen-bond acceptors (Lipinski definition) is 6. The van der Waals surface area contributed by atoms with E-state index in [0.717, 1.165) is 6.20 Å². The van der Waals surface area contributed by atoms with E-state index in [-0.39, 0.29) is 0 Å². The number of rotatable bonds is 6. The Hall–Kier alpha value is -1.78. The average molecular weight is 306 g/mol. The molecule has 0 saturated carbocycles. The summed E-state index contributed by atoms with van der Waals surface area (Å²) in [4.78, 5) is 18.6. The Bertz CT molecular complexity index is 481. The van der Waals surface area contributed by atoms with Gasteiger partial charge in [-0.05, 0) is 25.5 Å². The third-order valence-electron chi connectivity index (χ3n) is 2.67. The number of hydrogen-bond donors (Lipinski definition) is 3. The van der Waals surface area contributed by atoms with E-state index in [1.165, 1.54) is 0 Å². The predicted octanol–water partition coefficient (Wildman–Crippen LogP) is 0.158. The Balaban J connectivity index is 2.78. The Kier molecular flexibility index (Phi) is 6.00. The molecule has 7 nitrogen and oxygen atoms in total. The van der Waals surface area contributed by atoms with Crippen LogP contribution in [0.3, 0.4) is 0 Å². The molecule has 1 heterocycles. The lowest BCUT2D eigenvalue weighted by molar-refractivity contribution is -0.141. The molecule has 1 atom stereocenters. The van der Waals surface area contributed by atoms with Crippen LogP contribution in [0.1, 0.15) is 25.0 Å². The summed E-state index contributed by atoms with van der Waals surface area (Å²) in [6.45, 7) is 0.462. The van der Waals surface area contributed by atoms with Crippen molar-refractivity contribution in [2.24, 2.45) is 17.3 Å². The fourth-order valence-electron chi connectivity index (χ4n) is 1.53. The molecule has 6 N–H and O–H groups in total. The molecule has 0 aliphatic carbocycles. The molecule has 0 fully saturated rings. The first-order valence-corrected chi connectivity index (χ1v) is 6.22. The van der Waals surface area contributed by atoms with E-state index >= 15 is 0 Å². The molecule has 0 bridgehead atoms. The number of aromatic nitrogens is 2. The lowest BCUT2D eigenvalue weighted by atomic mass is 10.1. The van der Waals surface area contributed by atoms with E-state index in [1.807, 2.05) is 0 Å². The second kappa shape index (κ2) is 7.29. The van der Waals surface area contributed by atoms with Crippen molar-refractivity contribution >= 4 is 11.9 Å². The van der Waals surface area contributed by atoms with Gasteiger partial charge in [0.25, 0.3) is 5.91 Å². The topological polar surface area (TPSA) is 124 Å². The lowest BCUT2D eigenvalue weighted by Gasteiger charge is -2.19.